The number of benzene rings is 4. The standard InChI is InChI=1S/C36H38FN3O4S/c1-27-16-22-33(23-17-27)45(43,44)40(32-20-18-30(37)19-21-32)26-35(41)39(25-29-12-6-3-7-13-29)34(24-28-10-4-2-5-11-28)36(42)38-31-14-8-9-15-31/h2-7,10-13,16-23,31,34H,8-9,14-15,24-26H2,1H3,(H,38,42)/t34-/m0/s1. The van der Waals surface area contributed by atoms with Gasteiger partial charge in [-0.05, 0) is 67.3 Å². The molecule has 0 bridgehead atoms. The molecule has 1 saturated carbocycles. The van der Waals surface area contributed by atoms with Crippen LogP contribution < -0.4 is 9.62 Å². The summed E-state index contributed by atoms with van der Waals surface area (Å²) in [5.74, 6) is -1.36. The molecular weight excluding hydrogens is 589 g/mol. The lowest BCUT2D eigenvalue weighted by Gasteiger charge is -2.34. The van der Waals surface area contributed by atoms with Crippen molar-refractivity contribution in [1.82, 2.24) is 10.2 Å². The van der Waals surface area contributed by atoms with Crippen molar-refractivity contribution in [3.63, 3.8) is 0 Å². The Morgan fingerprint density at radius 1 is 0.822 bits per heavy atom. The molecule has 4 aromatic carbocycles. The highest BCUT2D eigenvalue weighted by Crippen LogP contribution is 2.26. The van der Waals surface area contributed by atoms with Crippen LogP contribution >= 0.6 is 0 Å². The molecule has 9 heteroatoms. The van der Waals surface area contributed by atoms with Gasteiger partial charge in [0.1, 0.15) is 18.4 Å². The molecule has 4 aromatic rings. The van der Waals surface area contributed by atoms with Crippen LogP contribution in [0.4, 0.5) is 10.1 Å². The maximum absolute atomic E-state index is 14.5. The monoisotopic (exact) mass is 627 g/mol. The van der Waals surface area contributed by atoms with Crippen molar-refractivity contribution >= 4 is 27.5 Å². The first kappa shape index (κ1) is 31.9. The third-order valence-corrected chi connectivity index (χ3v) is 9.96. The number of amides is 2. The average molecular weight is 628 g/mol. The zero-order chi connectivity index (χ0) is 31.8. The number of sulfonamides is 1. The topological polar surface area (TPSA) is 86.8 Å². The Bertz CT molecular complexity index is 1680. The third kappa shape index (κ3) is 8.16. The summed E-state index contributed by atoms with van der Waals surface area (Å²) in [6.45, 7) is 1.36. The van der Waals surface area contributed by atoms with E-state index in [-0.39, 0.29) is 35.5 Å². The summed E-state index contributed by atoms with van der Waals surface area (Å²) in [4.78, 5) is 30.0. The van der Waals surface area contributed by atoms with E-state index in [0.29, 0.717) is 0 Å². The van der Waals surface area contributed by atoms with E-state index in [1.807, 2.05) is 67.6 Å². The lowest BCUT2D eigenvalue weighted by atomic mass is 10.0. The van der Waals surface area contributed by atoms with Crippen LogP contribution in [0.15, 0.2) is 114 Å². The Kier molecular flexibility index (Phi) is 10.3. The summed E-state index contributed by atoms with van der Waals surface area (Å²) >= 11 is 0. The van der Waals surface area contributed by atoms with Crippen LogP contribution in [-0.4, -0.2) is 43.8 Å². The molecule has 0 aliphatic heterocycles. The van der Waals surface area contributed by atoms with Gasteiger partial charge in [0, 0.05) is 19.0 Å². The van der Waals surface area contributed by atoms with Crippen LogP contribution in [0.2, 0.25) is 0 Å². The number of nitrogens with one attached hydrogen (secondary N) is 1. The van der Waals surface area contributed by atoms with Crippen molar-refractivity contribution in [2.24, 2.45) is 0 Å². The molecule has 0 spiro atoms. The molecule has 1 aliphatic carbocycles. The smallest absolute Gasteiger partial charge is 0.264 e. The molecule has 0 radical (unpaired) electrons. The summed E-state index contributed by atoms with van der Waals surface area (Å²) in [6, 6.07) is 29.3. The highest BCUT2D eigenvalue weighted by Gasteiger charge is 2.35. The lowest BCUT2D eigenvalue weighted by molar-refractivity contribution is -0.140. The SMILES string of the molecule is Cc1ccc(S(=O)(=O)N(CC(=O)N(Cc2ccccc2)[C@@H](Cc2ccccc2)C(=O)NC2CCCC2)c2ccc(F)cc2)cc1. The van der Waals surface area contributed by atoms with E-state index >= 15 is 0 Å². The van der Waals surface area contributed by atoms with Crippen LogP contribution in [-0.2, 0) is 32.6 Å². The number of anilines is 1. The summed E-state index contributed by atoms with van der Waals surface area (Å²) in [5.41, 5.74) is 2.69. The third-order valence-electron chi connectivity index (χ3n) is 8.17. The molecule has 7 nitrogen and oxygen atoms in total. The van der Waals surface area contributed by atoms with Crippen LogP contribution in [0, 0.1) is 12.7 Å². The van der Waals surface area contributed by atoms with Gasteiger partial charge in [-0.25, -0.2) is 12.8 Å². The van der Waals surface area contributed by atoms with Crippen molar-refractivity contribution in [2.75, 3.05) is 10.8 Å². The van der Waals surface area contributed by atoms with Gasteiger partial charge in [-0.2, -0.15) is 0 Å². The Morgan fingerprint density at radius 2 is 1.40 bits per heavy atom. The number of hydrogen-bond acceptors (Lipinski definition) is 4. The minimum atomic E-state index is -4.25. The number of hydrogen-bond donors (Lipinski definition) is 1. The molecule has 1 atom stereocenters. The Hall–Kier alpha value is -4.50. The van der Waals surface area contributed by atoms with E-state index in [4.69, 9.17) is 0 Å². The van der Waals surface area contributed by atoms with Crippen molar-refractivity contribution < 1.29 is 22.4 Å². The molecule has 45 heavy (non-hydrogen) atoms. The van der Waals surface area contributed by atoms with Gasteiger partial charge in [-0.3, -0.25) is 13.9 Å². The van der Waals surface area contributed by atoms with E-state index in [0.717, 1.165) is 58.8 Å². The van der Waals surface area contributed by atoms with Gasteiger partial charge in [-0.1, -0.05) is 91.2 Å². The number of carbonyl (C=O) groups excluding carboxylic acids is 2. The molecular formula is C36H38FN3O4S. The minimum absolute atomic E-state index is 0.000327. The highest BCUT2D eigenvalue weighted by molar-refractivity contribution is 7.92. The normalized spacial score (nSPS) is 14.1. The predicted octanol–water partition coefficient (Wildman–Crippen LogP) is 6.03. The van der Waals surface area contributed by atoms with Gasteiger partial charge in [0.05, 0.1) is 10.6 Å². The number of aryl methyl sites for hydroxylation is 1. The van der Waals surface area contributed by atoms with Crippen molar-refractivity contribution in [3.8, 4) is 0 Å². The fourth-order valence-electron chi connectivity index (χ4n) is 5.68. The number of carbonyl (C=O) groups is 2. The summed E-state index contributed by atoms with van der Waals surface area (Å²) in [7, 11) is -4.25. The number of nitrogens with zero attached hydrogens (tertiary/aromatic N) is 2. The summed E-state index contributed by atoms with van der Waals surface area (Å²) in [6.07, 6.45) is 4.07. The highest BCUT2D eigenvalue weighted by atomic mass is 32.2. The van der Waals surface area contributed by atoms with Crippen molar-refractivity contribution in [1.29, 1.82) is 0 Å². The molecule has 0 aromatic heterocycles. The number of halogens is 1. The molecule has 1 fully saturated rings. The number of rotatable bonds is 12. The largest absolute Gasteiger partial charge is 0.352 e. The lowest BCUT2D eigenvalue weighted by Crippen LogP contribution is -2.54. The van der Waals surface area contributed by atoms with E-state index in [1.165, 1.54) is 29.2 Å². The molecule has 2 amide bonds. The summed E-state index contributed by atoms with van der Waals surface area (Å²) < 4.78 is 43.0. The first-order valence-electron chi connectivity index (χ1n) is 15.2. The maximum atomic E-state index is 14.5. The van der Waals surface area contributed by atoms with Crippen LogP contribution in [0.3, 0.4) is 0 Å². The van der Waals surface area contributed by atoms with Gasteiger partial charge in [0.25, 0.3) is 10.0 Å². The molecule has 1 N–H and O–H groups in total. The van der Waals surface area contributed by atoms with Crippen LogP contribution in [0.1, 0.15) is 42.4 Å². The quantitative estimate of drug-likeness (QED) is 0.208. The molecule has 234 valence electrons. The van der Waals surface area contributed by atoms with Gasteiger partial charge >= 0.3 is 0 Å². The molecule has 0 unspecified atom stereocenters. The van der Waals surface area contributed by atoms with E-state index < -0.39 is 34.3 Å². The maximum Gasteiger partial charge on any atom is 0.264 e. The second kappa shape index (κ2) is 14.5. The average Bonchev–Trinajstić information content (AvgIpc) is 3.56. The van der Waals surface area contributed by atoms with Gasteiger partial charge in [0.2, 0.25) is 11.8 Å². The zero-order valence-corrected chi connectivity index (χ0v) is 26.1. The van der Waals surface area contributed by atoms with Gasteiger partial charge in [-0.15, -0.1) is 0 Å². The second-order valence-electron chi connectivity index (χ2n) is 11.5. The first-order chi connectivity index (χ1) is 21.7. The van der Waals surface area contributed by atoms with Gasteiger partial charge in [0.15, 0.2) is 0 Å². The Morgan fingerprint density at radius 3 is 2.00 bits per heavy atom. The minimum Gasteiger partial charge on any atom is -0.352 e. The predicted molar refractivity (Wildman–Crippen MR) is 173 cm³/mol. The van der Waals surface area contributed by atoms with Gasteiger partial charge < -0.3 is 10.2 Å². The fraction of sp³-hybridized carbons (Fsp3) is 0.278. The van der Waals surface area contributed by atoms with E-state index in [1.54, 1.807) is 12.1 Å². The van der Waals surface area contributed by atoms with E-state index in [9.17, 15) is 22.4 Å². The molecule has 5 rings (SSSR count). The zero-order valence-electron chi connectivity index (χ0n) is 25.3. The Labute approximate surface area is 264 Å². The van der Waals surface area contributed by atoms with E-state index in [2.05, 4.69) is 5.32 Å². The molecule has 0 saturated heterocycles. The van der Waals surface area contributed by atoms with Crippen molar-refractivity contribution in [3.05, 3.63) is 132 Å². The first-order valence-corrected chi connectivity index (χ1v) is 16.7. The summed E-state index contributed by atoms with van der Waals surface area (Å²) in [5, 5.41) is 3.17. The molecule has 1 aliphatic rings. The van der Waals surface area contributed by atoms with Crippen molar-refractivity contribution in [2.45, 2.75) is 62.6 Å². The second-order valence-corrected chi connectivity index (χ2v) is 13.4. The fourth-order valence-corrected chi connectivity index (χ4v) is 7.09. The van der Waals surface area contributed by atoms with Crippen LogP contribution in [0.25, 0.3) is 0 Å². The molecule has 0 heterocycles. The van der Waals surface area contributed by atoms with Crippen LogP contribution in [0.5, 0.6) is 0 Å². The Balaban J connectivity index is 1.55.